The summed E-state index contributed by atoms with van der Waals surface area (Å²) < 4.78 is 25.0. The van der Waals surface area contributed by atoms with E-state index in [1.807, 2.05) is 6.92 Å². The monoisotopic (exact) mass is 234 g/mol. The van der Waals surface area contributed by atoms with Crippen LogP contribution in [0.3, 0.4) is 0 Å². The smallest absolute Gasteiger partial charge is 0.213 e. The minimum absolute atomic E-state index is 0.264. The summed E-state index contributed by atoms with van der Waals surface area (Å²) in [6.07, 6.45) is 2.98. The molecule has 1 saturated heterocycles. The molecule has 0 aliphatic carbocycles. The van der Waals surface area contributed by atoms with E-state index in [-0.39, 0.29) is 5.75 Å². The summed E-state index contributed by atoms with van der Waals surface area (Å²) in [4.78, 5) is 2.25. The van der Waals surface area contributed by atoms with Crippen molar-refractivity contribution in [3.05, 3.63) is 0 Å². The van der Waals surface area contributed by atoms with Crippen LogP contribution in [0.4, 0.5) is 0 Å². The quantitative estimate of drug-likeness (QED) is 0.705. The summed E-state index contributed by atoms with van der Waals surface area (Å²) in [6.45, 7) is 3.62. The Bertz CT molecular complexity index is 290. The zero-order valence-electron chi connectivity index (χ0n) is 9.94. The highest BCUT2D eigenvalue weighted by Crippen LogP contribution is 2.16. The van der Waals surface area contributed by atoms with Crippen molar-refractivity contribution in [1.82, 2.24) is 9.21 Å². The van der Waals surface area contributed by atoms with Crippen molar-refractivity contribution in [1.29, 1.82) is 0 Å². The molecule has 1 rings (SSSR count). The molecule has 15 heavy (non-hydrogen) atoms. The van der Waals surface area contributed by atoms with Crippen molar-refractivity contribution in [3.63, 3.8) is 0 Å². The van der Waals surface area contributed by atoms with Gasteiger partial charge in [-0.3, -0.25) is 0 Å². The van der Waals surface area contributed by atoms with E-state index in [0.29, 0.717) is 19.0 Å². The van der Waals surface area contributed by atoms with Crippen LogP contribution in [0.1, 0.15) is 26.2 Å². The standard InChI is InChI=1S/C10H22N2O2S/c1-4-8-15(13,14)12(3)9-10-6-5-7-11(10)2/h10H,4-9H2,1-3H3. The molecule has 0 saturated carbocycles. The summed E-state index contributed by atoms with van der Waals surface area (Å²) in [7, 11) is 0.744. The molecule has 0 bridgehead atoms. The van der Waals surface area contributed by atoms with E-state index in [2.05, 4.69) is 11.9 Å². The number of rotatable bonds is 5. The molecule has 0 radical (unpaired) electrons. The molecule has 1 aliphatic heterocycles. The summed E-state index contributed by atoms with van der Waals surface area (Å²) >= 11 is 0. The summed E-state index contributed by atoms with van der Waals surface area (Å²) in [5.74, 6) is 0.264. The maximum absolute atomic E-state index is 11.7. The van der Waals surface area contributed by atoms with Gasteiger partial charge in [-0.1, -0.05) is 6.92 Å². The molecule has 0 amide bonds. The molecule has 1 unspecified atom stereocenters. The van der Waals surface area contributed by atoms with Gasteiger partial charge in [-0.15, -0.1) is 0 Å². The van der Waals surface area contributed by atoms with E-state index in [9.17, 15) is 8.42 Å². The Morgan fingerprint density at radius 3 is 2.60 bits per heavy atom. The fourth-order valence-corrected chi connectivity index (χ4v) is 3.26. The fourth-order valence-electron chi connectivity index (χ4n) is 2.03. The summed E-state index contributed by atoms with van der Waals surface area (Å²) in [6, 6.07) is 0.404. The minimum atomic E-state index is -3.01. The highest BCUT2D eigenvalue weighted by atomic mass is 32.2. The number of likely N-dealkylation sites (tertiary alicyclic amines) is 1. The van der Waals surface area contributed by atoms with Gasteiger partial charge in [0.15, 0.2) is 0 Å². The highest BCUT2D eigenvalue weighted by molar-refractivity contribution is 7.89. The molecule has 1 atom stereocenters. The molecule has 5 heteroatoms. The molecule has 1 aliphatic rings. The second kappa shape index (κ2) is 5.27. The van der Waals surface area contributed by atoms with Crippen LogP contribution in [-0.4, -0.2) is 56.6 Å². The first kappa shape index (κ1) is 12.9. The zero-order valence-corrected chi connectivity index (χ0v) is 10.8. The first-order chi connectivity index (χ1) is 6.97. The second-order valence-electron chi connectivity index (χ2n) is 4.37. The lowest BCUT2D eigenvalue weighted by molar-refractivity contribution is 0.271. The van der Waals surface area contributed by atoms with Crippen LogP contribution >= 0.6 is 0 Å². The number of hydrogen-bond donors (Lipinski definition) is 0. The molecular weight excluding hydrogens is 212 g/mol. The lowest BCUT2D eigenvalue weighted by Crippen LogP contribution is -2.40. The first-order valence-corrected chi connectivity index (χ1v) is 7.22. The third kappa shape index (κ3) is 3.43. The van der Waals surface area contributed by atoms with Crippen molar-refractivity contribution in [2.45, 2.75) is 32.2 Å². The Labute approximate surface area is 93.3 Å². The van der Waals surface area contributed by atoms with E-state index < -0.39 is 10.0 Å². The molecule has 0 aromatic rings. The van der Waals surface area contributed by atoms with Gasteiger partial charge in [-0.05, 0) is 32.9 Å². The van der Waals surface area contributed by atoms with Crippen molar-refractivity contribution < 1.29 is 8.42 Å². The Hall–Kier alpha value is -0.130. The van der Waals surface area contributed by atoms with Crippen LogP contribution in [0, 0.1) is 0 Å². The lowest BCUT2D eigenvalue weighted by atomic mass is 10.2. The molecule has 0 N–H and O–H groups in total. The maximum atomic E-state index is 11.7. The molecule has 4 nitrogen and oxygen atoms in total. The third-order valence-corrected chi connectivity index (χ3v) is 5.10. The van der Waals surface area contributed by atoms with Gasteiger partial charge in [0.05, 0.1) is 5.75 Å². The largest absolute Gasteiger partial charge is 0.302 e. The molecule has 0 spiro atoms. The van der Waals surface area contributed by atoms with Gasteiger partial charge in [0.25, 0.3) is 0 Å². The Balaban J connectivity index is 2.51. The van der Waals surface area contributed by atoms with Gasteiger partial charge in [0.2, 0.25) is 10.0 Å². The van der Waals surface area contributed by atoms with E-state index in [1.54, 1.807) is 7.05 Å². The zero-order chi connectivity index (χ0) is 11.5. The van der Waals surface area contributed by atoms with Gasteiger partial charge in [-0.25, -0.2) is 12.7 Å². The van der Waals surface area contributed by atoms with Crippen molar-refractivity contribution in [3.8, 4) is 0 Å². The highest BCUT2D eigenvalue weighted by Gasteiger charge is 2.26. The van der Waals surface area contributed by atoms with E-state index in [1.165, 1.54) is 10.7 Å². The number of sulfonamides is 1. The van der Waals surface area contributed by atoms with Crippen molar-refractivity contribution >= 4 is 10.0 Å². The number of nitrogens with zero attached hydrogens (tertiary/aromatic N) is 2. The average Bonchev–Trinajstić information content (AvgIpc) is 2.52. The SMILES string of the molecule is CCCS(=O)(=O)N(C)CC1CCCN1C. The lowest BCUT2D eigenvalue weighted by Gasteiger charge is -2.25. The van der Waals surface area contributed by atoms with E-state index >= 15 is 0 Å². The molecule has 1 fully saturated rings. The summed E-state index contributed by atoms with van der Waals surface area (Å²) in [5.41, 5.74) is 0. The van der Waals surface area contributed by atoms with Gasteiger partial charge >= 0.3 is 0 Å². The molecule has 0 aromatic heterocycles. The normalized spacial score (nSPS) is 23.9. The van der Waals surface area contributed by atoms with Crippen LogP contribution in [0.5, 0.6) is 0 Å². The fraction of sp³-hybridized carbons (Fsp3) is 1.00. The van der Waals surface area contributed by atoms with Crippen LogP contribution in [0.25, 0.3) is 0 Å². The van der Waals surface area contributed by atoms with Gasteiger partial charge in [0, 0.05) is 19.6 Å². The Morgan fingerprint density at radius 2 is 2.13 bits per heavy atom. The molecule has 90 valence electrons. The molecule has 0 aromatic carbocycles. The molecule has 1 heterocycles. The van der Waals surface area contributed by atoms with Crippen LogP contribution in [0.15, 0.2) is 0 Å². The maximum Gasteiger partial charge on any atom is 0.213 e. The van der Waals surface area contributed by atoms with E-state index in [4.69, 9.17) is 0 Å². The van der Waals surface area contributed by atoms with Crippen molar-refractivity contribution in [2.75, 3.05) is 32.9 Å². The average molecular weight is 234 g/mol. The second-order valence-corrected chi connectivity index (χ2v) is 6.57. The number of hydrogen-bond acceptors (Lipinski definition) is 3. The van der Waals surface area contributed by atoms with Gasteiger partial charge in [-0.2, -0.15) is 0 Å². The van der Waals surface area contributed by atoms with Gasteiger partial charge in [0.1, 0.15) is 0 Å². The van der Waals surface area contributed by atoms with Crippen LogP contribution in [0.2, 0.25) is 0 Å². The third-order valence-electron chi connectivity index (χ3n) is 3.08. The molecular formula is C10H22N2O2S. The van der Waals surface area contributed by atoms with Crippen molar-refractivity contribution in [2.24, 2.45) is 0 Å². The minimum Gasteiger partial charge on any atom is -0.302 e. The van der Waals surface area contributed by atoms with Gasteiger partial charge < -0.3 is 4.90 Å². The Morgan fingerprint density at radius 1 is 1.47 bits per heavy atom. The van der Waals surface area contributed by atoms with Crippen LogP contribution < -0.4 is 0 Å². The topological polar surface area (TPSA) is 40.6 Å². The number of likely N-dealkylation sites (N-methyl/N-ethyl adjacent to an activating group) is 2. The Kier molecular flexibility index (Phi) is 4.55. The predicted octanol–water partition coefficient (Wildman–Crippen LogP) is 0.752. The first-order valence-electron chi connectivity index (χ1n) is 5.61. The summed E-state index contributed by atoms with van der Waals surface area (Å²) in [5, 5.41) is 0. The van der Waals surface area contributed by atoms with Crippen LogP contribution in [-0.2, 0) is 10.0 Å². The van der Waals surface area contributed by atoms with E-state index in [0.717, 1.165) is 13.0 Å². The predicted molar refractivity (Wildman–Crippen MR) is 62.4 cm³/mol.